The van der Waals surface area contributed by atoms with Crippen molar-refractivity contribution in [2.45, 2.75) is 199 Å². The number of phosphoric ester groups is 1. The number of phosphoric acid groups is 1. The number of allylic oxidation sites excluding steroid dienone is 2. The molecule has 0 rings (SSSR count). The van der Waals surface area contributed by atoms with Gasteiger partial charge in [-0.25, -0.2) is 4.57 Å². The lowest BCUT2D eigenvalue weighted by Crippen LogP contribution is -2.29. The maximum Gasteiger partial charge on any atom is 0.472 e. The van der Waals surface area contributed by atoms with E-state index < -0.39 is 50.8 Å². The fourth-order valence-corrected chi connectivity index (χ4v) is 6.50. The highest BCUT2D eigenvalue weighted by atomic mass is 31.2. The molecule has 0 radical (unpaired) electrons. The van der Waals surface area contributed by atoms with E-state index in [4.69, 9.17) is 24.3 Å². The zero-order valence-corrected chi connectivity index (χ0v) is 34.7. The van der Waals surface area contributed by atoms with E-state index in [0.717, 1.165) is 83.5 Å². The molecule has 0 amide bonds. The first-order chi connectivity index (χ1) is 26.0. The Morgan fingerprint density at radius 1 is 0.648 bits per heavy atom. The molecule has 0 bridgehead atoms. The largest absolute Gasteiger partial charge is 0.472 e. The van der Waals surface area contributed by atoms with Crippen LogP contribution in [-0.4, -0.2) is 82.9 Å². The molecule has 54 heavy (non-hydrogen) atoms. The average molecular weight is 792 g/mol. The van der Waals surface area contributed by atoms with Gasteiger partial charge >= 0.3 is 19.8 Å². The highest BCUT2D eigenvalue weighted by Crippen LogP contribution is 2.43. The highest BCUT2D eigenvalue weighted by Gasteiger charge is 2.26. The lowest BCUT2D eigenvalue weighted by molar-refractivity contribution is -0.161. The third-order valence-corrected chi connectivity index (χ3v) is 10.1. The van der Waals surface area contributed by atoms with Crippen molar-refractivity contribution in [1.82, 2.24) is 0 Å². The minimum Gasteiger partial charge on any atom is -0.462 e. The summed E-state index contributed by atoms with van der Waals surface area (Å²) in [5.41, 5.74) is 5.33. The Bertz CT molecular complexity index is 996. The van der Waals surface area contributed by atoms with Crippen LogP contribution in [0.2, 0.25) is 0 Å². The van der Waals surface area contributed by atoms with E-state index in [-0.39, 0.29) is 32.6 Å². The monoisotopic (exact) mass is 792 g/mol. The molecule has 5 atom stereocenters. The summed E-state index contributed by atoms with van der Waals surface area (Å²) in [5, 5.41) is 30.2. The van der Waals surface area contributed by atoms with Crippen molar-refractivity contribution in [3.63, 3.8) is 0 Å². The van der Waals surface area contributed by atoms with Crippen molar-refractivity contribution in [3.8, 4) is 0 Å². The second-order valence-corrected chi connectivity index (χ2v) is 15.8. The van der Waals surface area contributed by atoms with Crippen LogP contribution in [0.4, 0.5) is 0 Å². The Morgan fingerprint density at radius 2 is 1.17 bits per heavy atom. The standard InChI is InChI=1S/C41H78NO11P/c1-3-5-7-8-9-10-11-12-13-14-15-16-17-20-24-28-40(46)50-34-37(35-52-54(48,49)51-33-32-42)53-41(47)29-25-21-18-19-23-26-36(43)30-31-39(45)38(44)27-22-6-4-2/h12-13,30-31,36-39,43-45H,3-11,14-29,32-35,42H2,1-2H3,(H,48,49)/b13-12-,31-30+. The molecule has 5 unspecified atom stereocenters. The van der Waals surface area contributed by atoms with Crippen LogP contribution in [0.3, 0.4) is 0 Å². The quantitative estimate of drug-likeness (QED) is 0.0173. The van der Waals surface area contributed by atoms with Crippen LogP contribution in [0.1, 0.15) is 174 Å². The number of carbonyl (C=O) groups excluding carboxylic acids is 2. The molecule has 6 N–H and O–H groups in total. The molecule has 0 aliphatic carbocycles. The van der Waals surface area contributed by atoms with Crippen molar-refractivity contribution in [3.05, 3.63) is 24.3 Å². The smallest absolute Gasteiger partial charge is 0.462 e. The predicted molar refractivity (Wildman–Crippen MR) is 215 cm³/mol. The summed E-state index contributed by atoms with van der Waals surface area (Å²) in [6.07, 6.45) is 27.1. The summed E-state index contributed by atoms with van der Waals surface area (Å²) in [6, 6.07) is 0. The van der Waals surface area contributed by atoms with E-state index in [1.165, 1.54) is 50.7 Å². The minimum absolute atomic E-state index is 0.0202. The Balaban J connectivity index is 4.35. The lowest BCUT2D eigenvalue weighted by atomic mass is 10.0. The third-order valence-electron chi connectivity index (χ3n) is 9.08. The third kappa shape index (κ3) is 34.8. The summed E-state index contributed by atoms with van der Waals surface area (Å²) >= 11 is 0. The van der Waals surface area contributed by atoms with Gasteiger partial charge in [0.25, 0.3) is 0 Å². The Labute approximate surface area is 327 Å². The van der Waals surface area contributed by atoms with Gasteiger partial charge in [0.2, 0.25) is 0 Å². The molecule has 0 heterocycles. The SMILES string of the molecule is CCCCCCCC/C=C\CCCCCCCC(=O)OCC(COP(=O)(O)OCCN)OC(=O)CCCCCCCC(O)/C=C/C(O)C(O)CCCCC. The number of aliphatic hydroxyl groups is 3. The summed E-state index contributed by atoms with van der Waals surface area (Å²) < 4.78 is 32.6. The van der Waals surface area contributed by atoms with E-state index in [1.54, 1.807) is 0 Å². The molecule has 318 valence electrons. The number of hydrogen-bond donors (Lipinski definition) is 5. The first-order valence-corrected chi connectivity index (χ1v) is 22.6. The van der Waals surface area contributed by atoms with Crippen molar-refractivity contribution in [2.24, 2.45) is 5.73 Å². The van der Waals surface area contributed by atoms with E-state index >= 15 is 0 Å². The molecule has 13 heteroatoms. The van der Waals surface area contributed by atoms with Gasteiger partial charge in [0.05, 0.1) is 31.5 Å². The zero-order valence-electron chi connectivity index (χ0n) is 33.8. The zero-order chi connectivity index (χ0) is 40.1. The Kier molecular flexibility index (Phi) is 35.9. The fraction of sp³-hybridized carbons (Fsp3) is 0.854. The number of ether oxygens (including phenoxy) is 2. The van der Waals surface area contributed by atoms with Crippen LogP contribution >= 0.6 is 7.82 Å². The molecule has 0 aliphatic rings. The van der Waals surface area contributed by atoms with Gasteiger partial charge in [-0.05, 0) is 51.4 Å². The summed E-state index contributed by atoms with van der Waals surface area (Å²) in [6.45, 7) is 3.35. The number of nitrogens with two attached hydrogens (primary N) is 1. The maximum absolute atomic E-state index is 12.6. The number of esters is 2. The predicted octanol–water partition coefficient (Wildman–Crippen LogP) is 8.52. The minimum atomic E-state index is -4.43. The van der Waals surface area contributed by atoms with Gasteiger partial charge in [-0.3, -0.25) is 18.6 Å². The molecule has 0 spiro atoms. The highest BCUT2D eigenvalue weighted by molar-refractivity contribution is 7.47. The van der Waals surface area contributed by atoms with E-state index in [1.807, 2.05) is 0 Å². The van der Waals surface area contributed by atoms with Crippen LogP contribution in [-0.2, 0) is 32.7 Å². The topological polar surface area (TPSA) is 195 Å². The van der Waals surface area contributed by atoms with Crippen molar-refractivity contribution < 1.29 is 52.9 Å². The fourth-order valence-electron chi connectivity index (χ4n) is 5.74. The van der Waals surface area contributed by atoms with Gasteiger partial charge < -0.3 is 35.4 Å². The number of carbonyl (C=O) groups is 2. The molecule has 0 saturated heterocycles. The van der Waals surface area contributed by atoms with Crippen LogP contribution in [0.5, 0.6) is 0 Å². The van der Waals surface area contributed by atoms with Gasteiger partial charge in [-0.1, -0.05) is 134 Å². The molecule has 0 fully saturated rings. The average Bonchev–Trinajstić information content (AvgIpc) is 3.15. The molecule has 0 aromatic carbocycles. The maximum atomic E-state index is 12.6. The summed E-state index contributed by atoms with van der Waals surface area (Å²) in [4.78, 5) is 34.8. The van der Waals surface area contributed by atoms with Gasteiger partial charge in [0.1, 0.15) is 6.61 Å². The van der Waals surface area contributed by atoms with E-state index in [9.17, 15) is 34.4 Å². The summed E-state index contributed by atoms with van der Waals surface area (Å²) in [7, 11) is -4.43. The van der Waals surface area contributed by atoms with Crippen LogP contribution in [0.15, 0.2) is 24.3 Å². The Morgan fingerprint density at radius 3 is 1.78 bits per heavy atom. The van der Waals surface area contributed by atoms with E-state index in [0.29, 0.717) is 25.7 Å². The van der Waals surface area contributed by atoms with Crippen LogP contribution < -0.4 is 5.73 Å². The van der Waals surface area contributed by atoms with Gasteiger partial charge in [-0.2, -0.15) is 0 Å². The van der Waals surface area contributed by atoms with Gasteiger partial charge in [-0.15, -0.1) is 0 Å². The van der Waals surface area contributed by atoms with Crippen LogP contribution in [0.25, 0.3) is 0 Å². The molecule has 0 aromatic rings. The van der Waals surface area contributed by atoms with E-state index in [2.05, 4.69) is 26.0 Å². The second-order valence-electron chi connectivity index (χ2n) is 14.3. The number of unbranched alkanes of at least 4 members (excludes halogenated alkanes) is 17. The second kappa shape index (κ2) is 37.0. The van der Waals surface area contributed by atoms with Gasteiger partial charge in [0, 0.05) is 19.4 Å². The van der Waals surface area contributed by atoms with Crippen molar-refractivity contribution in [2.75, 3.05) is 26.4 Å². The molecule has 0 aromatic heterocycles. The normalized spacial score (nSPS) is 15.3. The number of aliphatic hydroxyl groups excluding tert-OH is 3. The first-order valence-electron chi connectivity index (χ1n) is 21.1. The number of hydrogen-bond acceptors (Lipinski definition) is 11. The molecule has 0 saturated carbocycles. The molecule has 12 nitrogen and oxygen atoms in total. The van der Waals surface area contributed by atoms with Crippen molar-refractivity contribution in [1.29, 1.82) is 0 Å². The molecular formula is C41H78NO11P. The van der Waals surface area contributed by atoms with Crippen LogP contribution in [0, 0.1) is 0 Å². The lowest BCUT2D eigenvalue weighted by Gasteiger charge is -2.19. The molecule has 0 aliphatic heterocycles. The number of rotatable bonds is 39. The summed E-state index contributed by atoms with van der Waals surface area (Å²) in [5.74, 6) is -0.972. The van der Waals surface area contributed by atoms with Gasteiger partial charge in [0.15, 0.2) is 6.10 Å². The first kappa shape index (κ1) is 52.4. The Hall–Kier alpha value is -1.63. The molecular weight excluding hydrogens is 713 g/mol. The van der Waals surface area contributed by atoms with Crippen molar-refractivity contribution >= 4 is 19.8 Å².